The lowest BCUT2D eigenvalue weighted by Crippen LogP contribution is -2.30. The zero-order chi connectivity index (χ0) is 9.23. The molecule has 0 aromatic heterocycles. The van der Waals surface area contributed by atoms with Crippen LogP contribution in [0.5, 0.6) is 0 Å². The standard InChI is InChI=1S/C10H23NO/c1-4-6-7-8-10(11-3)9-12-5-2/h10-11H,4-9H2,1-3H3. The second kappa shape index (κ2) is 9.01. The van der Waals surface area contributed by atoms with Crippen molar-refractivity contribution in [1.82, 2.24) is 5.32 Å². The molecule has 2 heteroatoms. The molecule has 0 aliphatic rings. The van der Waals surface area contributed by atoms with Gasteiger partial charge in [-0.1, -0.05) is 26.2 Å². The zero-order valence-corrected chi connectivity index (χ0v) is 8.73. The van der Waals surface area contributed by atoms with E-state index in [-0.39, 0.29) is 0 Å². The molecule has 1 atom stereocenters. The Hall–Kier alpha value is -0.0800. The molecule has 0 aromatic carbocycles. The van der Waals surface area contributed by atoms with Gasteiger partial charge in [-0.05, 0) is 20.4 Å². The molecule has 0 aliphatic carbocycles. The van der Waals surface area contributed by atoms with Crippen LogP contribution in [0.2, 0.25) is 0 Å². The minimum atomic E-state index is 0.552. The van der Waals surface area contributed by atoms with Gasteiger partial charge < -0.3 is 10.1 Å². The van der Waals surface area contributed by atoms with Crippen molar-refractivity contribution in [1.29, 1.82) is 0 Å². The molecule has 0 amide bonds. The van der Waals surface area contributed by atoms with E-state index in [0.29, 0.717) is 6.04 Å². The average Bonchev–Trinajstić information content (AvgIpc) is 2.11. The van der Waals surface area contributed by atoms with Crippen LogP contribution in [0, 0.1) is 0 Å². The Bertz CT molecular complexity index is 85.9. The van der Waals surface area contributed by atoms with E-state index < -0.39 is 0 Å². The molecule has 0 aliphatic heterocycles. The van der Waals surface area contributed by atoms with Gasteiger partial charge in [-0.25, -0.2) is 0 Å². The minimum absolute atomic E-state index is 0.552. The van der Waals surface area contributed by atoms with Gasteiger partial charge in [0, 0.05) is 12.6 Å². The largest absolute Gasteiger partial charge is 0.380 e. The lowest BCUT2D eigenvalue weighted by Gasteiger charge is -2.15. The van der Waals surface area contributed by atoms with Crippen LogP contribution < -0.4 is 5.32 Å². The Morgan fingerprint density at radius 3 is 2.50 bits per heavy atom. The Morgan fingerprint density at radius 1 is 1.25 bits per heavy atom. The quantitative estimate of drug-likeness (QED) is 0.568. The van der Waals surface area contributed by atoms with E-state index in [1.54, 1.807) is 0 Å². The Balaban J connectivity index is 3.26. The molecule has 0 rings (SSSR count). The van der Waals surface area contributed by atoms with Crippen LogP contribution in [0.25, 0.3) is 0 Å². The number of hydrogen-bond acceptors (Lipinski definition) is 2. The van der Waals surface area contributed by atoms with Crippen molar-refractivity contribution in [2.75, 3.05) is 20.3 Å². The number of unbranched alkanes of at least 4 members (excludes halogenated alkanes) is 2. The Kier molecular flexibility index (Phi) is 8.95. The SMILES string of the molecule is CCCCCC(COCC)NC. The Labute approximate surface area is 76.7 Å². The van der Waals surface area contributed by atoms with E-state index >= 15 is 0 Å². The van der Waals surface area contributed by atoms with Crippen LogP contribution in [-0.4, -0.2) is 26.3 Å². The van der Waals surface area contributed by atoms with Crippen molar-refractivity contribution in [2.24, 2.45) is 0 Å². The molecule has 0 radical (unpaired) electrons. The van der Waals surface area contributed by atoms with E-state index in [1.165, 1.54) is 25.7 Å². The highest BCUT2D eigenvalue weighted by atomic mass is 16.5. The number of nitrogens with one attached hydrogen (secondary N) is 1. The van der Waals surface area contributed by atoms with Crippen molar-refractivity contribution < 1.29 is 4.74 Å². The summed E-state index contributed by atoms with van der Waals surface area (Å²) >= 11 is 0. The fraction of sp³-hybridized carbons (Fsp3) is 1.00. The van der Waals surface area contributed by atoms with Gasteiger partial charge in [-0.15, -0.1) is 0 Å². The highest BCUT2D eigenvalue weighted by Crippen LogP contribution is 2.03. The van der Waals surface area contributed by atoms with Gasteiger partial charge in [0.25, 0.3) is 0 Å². The van der Waals surface area contributed by atoms with Gasteiger partial charge in [0.2, 0.25) is 0 Å². The fourth-order valence-electron chi connectivity index (χ4n) is 1.21. The molecule has 2 nitrogen and oxygen atoms in total. The van der Waals surface area contributed by atoms with Gasteiger partial charge >= 0.3 is 0 Å². The highest BCUT2D eigenvalue weighted by Gasteiger charge is 2.03. The molecule has 0 spiro atoms. The third-order valence-corrected chi connectivity index (χ3v) is 2.09. The normalized spacial score (nSPS) is 13.2. The zero-order valence-electron chi connectivity index (χ0n) is 8.73. The van der Waals surface area contributed by atoms with E-state index in [2.05, 4.69) is 12.2 Å². The molecule has 0 fully saturated rings. The number of hydrogen-bond donors (Lipinski definition) is 1. The van der Waals surface area contributed by atoms with Gasteiger partial charge in [0.1, 0.15) is 0 Å². The first kappa shape index (κ1) is 11.9. The van der Waals surface area contributed by atoms with Crippen LogP contribution in [0.15, 0.2) is 0 Å². The Morgan fingerprint density at radius 2 is 2.00 bits per heavy atom. The van der Waals surface area contributed by atoms with Crippen molar-refractivity contribution in [3.63, 3.8) is 0 Å². The maximum Gasteiger partial charge on any atom is 0.0619 e. The molecule has 0 saturated heterocycles. The van der Waals surface area contributed by atoms with E-state index in [1.807, 2.05) is 14.0 Å². The molecule has 74 valence electrons. The summed E-state index contributed by atoms with van der Waals surface area (Å²) in [5.74, 6) is 0. The lowest BCUT2D eigenvalue weighted by molar-refractivity contribution is 0.121. The van der Waals surface area contributed by atoms with Crippen LogP contribution in [0.1, 0.15) is 39.5 Å². The molecule has 1 N–H and O–H groups in total. The van der Waals surface area contributed by atoms with Gasteiger partial charge in [-0.2, -0.15) is 0 Å². The van der Waals surface area contributed by atoms with Crippen molar-refractivity contribution in [2.45, 2.75) is 45.6 Å². The smallest absolute Gasteiger partial charge is 0.0619 e. The fourth-order valence-corrected chi connectivity index (χ4v) is 1.21. The second-order valence-corrected chi connectivity index (χ2v) is 3.14. The first-order chi connectivity index (χ1) is 5.85. The summed E-state index contributed by atoms with van der Waals surface area (Å²) in [5.41, 5.74) is 0. The van der Waals surface area contributed by atoms with Gasteiger partial charge in [0.05, 0.1) is 6.61 Å². The topological polar surface area (TPSA) is 21.3 Å². The second-order valence-electron chi connectivity index (χ2n) is 3.14. The molecule has 12 heavy (non-hydrogen) atoms. The van der Waals surface area contributed by atoms with Crippen LogP contribution >= 0.6 is 0 Å². The predicted octanol–water partition coefficient (Wildman–Crippen LogP) is 2.19. The third kappa shape index (κ3) is 6.62. The summed E-state index contributed by atoms with van der Waals surface area (Å²) in [4.78, 5) is 0. The van der Waals surface area contributed by atoms with Crippen LogP contribution in [-0.2, 0) is 4.74 Å². The summed E-state index contributed by atoms with van der Waals surface area (Å²) in [5, 5.41) is 3.27. The average molecular weight is 173 g/mol. The minimum Gasteiger partial charge on any atom is -0.380 e. The number of ether oxygens (including phenoxy) is 1. The van der Waals surface area contributed by atoms with Crippen molar-refractivity contribution in [3.05, 3.63) is 0 Å². The summed E-state index contributed by atoms with van der Waals surface area (Å²) in [6.07, 6.45) is 5.19. The molecule has 0 aromatic rings. The summed E-state index contributed by atoms with van der Waals surface area (Å²) < 4.78 is 5.35. The monoisotopic (exact) mass is 173 g/mol. The number of rotatable bonds is 8. The van der Waals surface area contributed by atoms with Crippen molar-refractivity contribution in [3.8, 4) is 0 Å². The molecule has 0 bridgehead atoms. The van der Waals surface area contributed by atoms with E-state index in [4.69, 9.17) is 4.74 Å². The van der Waals surface area contributed by atoms with E-state index in [9.17, 15) is 0 Å². The lowest BCUT2D eigenvalue weighted by atomic mass is 10.1. The van der Waals surface area contributed by atoms with Crippen LogP contribution in [0.3, 0.4) is 0 Å². The first-order valence-corrected chi connectivity index (χ1v) is 5.10. The van der Waals surface area contributed by atoms with Gasteiger partial charge in [-0.3, -0.25) is 0 Å². The van der Waals surface area contributed by atoms with Crippen molar-refractivity contribution >= 4 is 0 Å². The highest BCUT2D eigenvalue weighted by molar-refractivity contribution is 4.62. The molecular weight excluding hydrogens is 150 g/mol. The first-order valence-electron chi connectivity index (χ1n) is 5.10. The molecule has 0 heterocycles. The molecular formula is C10H23NO. The third-order valence-electron chi connectivity index (χ3n) is 2.09. The van der Waals surface area contributed by atoms with Gasteiger partial charge in [0.15, 0.2) is 0 Å². The predicted molar refractivity (Wildman–Crippen MR) is 53.5 cm³/mol. The summed E-state index contributed by atoms with van der Waals surface area (Å²) in [6.45, 7) is 5.96. The molecule has 0 saturated carbocycles. The maximum absolute atomic E-state index is 5.35. The number of likely N-dealkylation sites (N-methyl/N-ethyl adjacent to an activating group) is 1. The maximum atomic E-state index is 5.35. The molecule has 1 unspecified atom stereocenters. The summed E-state index contributed by atoms with van der Waals surface area (Å²) in [6, 6.07) is 0.552. The summed E-state index contributed by atoms with van der Waals surface area (Å²) in [7, 11) is 2.01. The van der Waals surface area contributed by atoms with Crippen LogP contribution in [0.4, 0.5) is 0 Å². The van der Waals surface area contributed by atoms with E-state index in [0.717, 1.165) is 13.2 Å².